The summed E-state index contributed by atoms with van der Waals surface area (Å²) in [5.41, 5.74) is 1.32. The molecule has 0 aromatic heterocycles. The molecule has 0 bridgehead atoms. The van der Waals surface area contributed by atoms with Crippen LogP contribution in [0.1, 0.15) is 55.2 Å². The third-order valence-electron chi connectivity index (χ3n) is 7.56. The van der Waals surface area contributed by atoms with Gasteiger partial charge >= 0.3 is 12.1 Å². The molecule has 2 atom stereocenters. The van der Waals surface area contributed by atoms with Gasteiger partial charge in [0.25, 0.3) is 0 Å². The number of nitrogens with zero attached hydrogens (tertiary/aromatic N) is 2. The minimum absolute atomic E-state index is 0.103. The predicted octanol–water partition coefficient (Wildman–Crippen LogP) is 4.67. The molecule has 9 heteroatoms. The van der Waals surface area contributed by atoms with Gasteiger partial charge in [-0.1, -0.05) is 24.3 Å². The fourth-order valence-electron chi connectivity index (χ4n) is 5.68. The molecule has 0 unspecified atom stereocenters. The smallest absolute Gasteiger partial charge is 0.418 e. The van der Waals surface area contributed by atoms with Crippen molar-refractivity contribution in [3.05, 3.63) is 65.2 Å². The van der Waals surface area contributed by atoms with Gasteiger partial charge in [0, 0.05) is 25.2 Å². The van der Waals surface area contributed by atoms with Crippen molar-refractivity contribution in [3.8, 4) is 5.75 Å². The van der Waals surface area contributed by atoms with E-state index >= 15 is 0 Å². The molecule has 2 aromatic carbocycles. The van der Waals surface area contributed by atoms with Gasteiger partial charge in [-0.15, -0.1) is 0 Å². The third kappa shape index (κ3) is 4.82. The van der Waals surface area contributed by atoms with E-state index in [9.17, 15) is 23.5 Å². The van der Waals surface area contributed by atoms with Gasteiger partial charge in [-0.05, 0) is 67.3 Å². The van der Waals surface area contributed by atoms with E-state index in [-0.39, 0.29) is 12.6 Å². The molecule has 2 aromatic rings. The summed E-state index contributed by atoms with van der Waals surface area (Å²) in [6.45, 7) is 1.44. The van der Waals surface area contributed by atoms with E-state index in [1.165, 1.54) is 6.07 Å². The molecule has 1 saturated carbocycles. The average Bonchev–Trinajstić information content (AvgIpc) is 3.48. The van der Waals surface area contributed by atoms with Crippen LogP contribution in [0.4, 0.5) is 18.4 Å². The molecule has 3 aliphatic rings. The Bertz CT molecular complexity index is 1110. The number of urea groups is 1. The van der Waals surface area contributed by atoms with Crippen molar-refractivity contribution in [3.63, 3.8) is 0 Å². The van der Waals surface area contributed by atoms with Gasteiger partial charge in [0.2, 0.25) is 0 Å². The van der Waals surface area contributed by atoms with Crippen LogP contribution in [0.3, 0.4) is 0 Å². The fourth-order valence-corrected chi connectivity index (χ4v) is 5.68. The highest BCUT2D eigenvalue weighted by Gasteiger charge is 2.41. The summed E-state index contributed by atoms with van der Waals surface area (Å²) in [4.78, 5) is 28.6. The third-order valence-corrected chi connectivity index (χ3v) is 7.56. The number of hydrogen-bond donors (Lipinski definition) is 2. The van der Waals surface area contributed by atoms with Crippen LogP contribution in [0.5, 0.6) is 5.75 Å². The number of imide groups is 1. The molecule has 1 aliphatic carbocycles. The summed E-state index contributed by atoms with van der Waals surface area (Å²) in [7, 11) is 0. The SMILES string of the molecule is O=C(N[C@@H]1CCN([C@H]2CC[C@H](c3ccccc3O)CC2)C1)N1C(=O)OC[C@@H]1c1ccc(F)c(F)c1. The number of hydrogen-bond acceptors (Lipinski definition) is 5. The summed E-state index contributed by atoms with van der Waals surface area (Å²) >= 11 is 0. The fraction of sp³-hybridized carbons (Fsp3) is 0.462. The van der Waals surface area contributed by atoms with E-state index in [1.807, 2.05) is 18.2 Å². The zero-order valence-corrected chi connectivity index (χ0v) is 19.3. The lowest BCUT2D eigenvalue weighted by Crippen LogP contribution is -2.47. The maximum atomic E-state index is 13.7. The lowest BCUT2D eigenvalue weighted by molar-refractivity contribution is 0.155. The lowest BCUT2D eigenvalue weighted by Gasteiger charge is -2.35. The Labute approximate surface area is 202 Å². The largest absolute Gasteiger partial charge is 0.508 e. The zero-order chi connectivity index (χ0) is 24.5. The minimum Gasteiger partial charge on any atom is -0.508 e. The number of carbonyl (C=O) groups is 2. The summed E-state index contributed by atoms with van der Waals surface area (Å²) in [6, 6.07) is 9.78. The Hall–Kier alpha value is -3.20. The van der Waals surface area contributed by atoms with E-state index in [1.54, 1.807) is 6.07 Å². The molecular formula is C26H29F2N3O4. The van der Waals surface area contributed by atoms with Gasteiger partial charge in [0.15, 0.2) is 11.6 Å². The molecule has 2 aliphatic heterocycles. The van der Waals surface area contributed by atoms with Crippen molar-refractivity contribution in [2.75, 3.05) is 19.7 Å². The highest BCUT2D eigenvalue weighted by Crippen LogP contribution is 2.39. The molecule has 3 amide bonds. The molecule has 2 heterocycles. The Balaban J connectivity index is 1.16. The van der Waals surface area contributed by atoms with Crippen molar-refractivity contribution in [1.29, 1.82) is 0 Å². The Kier molecular flexibility index (Phi) is 6.60. The van der Waals surface area contributed by atoms with Gasteiger partial charge in [-0.2, -0.15) is 0 Å². The van der Waals surface area contributed by atoms with Crippen molar-refractivity contribution in [2.24, 2.45) is 0 Å². The number of phenols is 1. The lowest BCUT2D eigenvalue weighted by atomic mass is 9.81. The van der Waals surface area contributed by atoms with E-state index in [4.69, 9.17) is 4.74 Å². The second-order valence-electron chi connectivity index (χ2n) is 9.63. The van der Waals surface area contributed by atoms with Crippen molar-refractivity contribution in [2.45, 2.75) is 56.1 Å². The van der Waals surface area contributed by atoms with Gasteiger partial charge in [-0.25, -0.2) is 23.3 Å². The molecule has 35 heavy (non-hydrogen) atoms. The molecule has 186 valence electrons. The number of ether oxygens (including phenoxy) is 1. The van der Waals surface area contributed by atoms with E-state index in [2.05, 4.69) is 10.2 Å². The molecule has 2 saturated heterocycles. The summed E-state index contributed by atoms with van der Waals surface area (Å²) in [6.07, 6.45) is 4.03. The molecule has 3 fully saturated rings. The number of amides is 3. The number of para-hydroxylation sites is 1. The van der Waals surface area contributed by atoms with Crippen LogP contribution in [0.25, 0.3) is 0 Å². The maximum absolute atomic E-state index is 13.7. The first kappa shape index (κ1) is 23.5. The summed E-state index contributed by atoms with van der Waals surface area (Å²) < 4.78 is 32.1. The number of likely N-dealkylation sites (tertiary alicyclic amines) is 1. The second kappa shape index (κ2) is 9.81. The zero-order valence-electron chi connectivity index (χ0n) is 19.3. The van der Waals surface area contributed by atoms with Crippen LogP contribution in [-0.4, -0.2) is 58.8 Å². The van der Waals surface area contributed by atoms with Crippen LogP contribution >= 0.6 is 0 Å². The minimum atomic E-state index is -1.04. The number of nitrogens with one attached hydrogen (secondary N) is 1. The number of phenolic OH excluding ortho intramolecular Hbond substituents is 1. The van der Waals surface area contributed by atoms with Crippen LogP contribution in [-0.2, 0) is 4.74 Å². The molecular weight excluding hydrogens is 456 g/mol. The van der Waals surface area contributed by atoms with Gasteiger partial charge in [-0.3, -0.25) is 4.90 Å². The topological polar surface area (TPSA) is 82.1 Å². The number of carbonyl (C=O) groups excluding carboxylic acids is 2. The van der Waals surface area contributed by atoms with Crippen molar-refractivity contribution >= 4 is 12.1 Å². The van der Waals surface area contributed by atoms with Crippen molar-refractivity contribution in [1.82, 2.24) is 15.1 Å². The standard InChI is InChI=1S/C26H29F2N3O4/c27-21-10-7-17(13-22(21)28)23-15-35-26(34)31(23)25(33)29-18-11-12-30(14-18)19-8-5-16(6-9-19)20-3-1-2-4-24(20)32/h1-4,7,10,13,16,18-19,23,32H,5-6,8-9,11-12,14-15H2,(H,29,33)/t16-,18-,19-,23-/m1/s1. The first-order valence-electron chi connectivity index (χ1n) is 12.1. The Morgan fingerprint density at radius 2 is 1.80 bits per heavy atom. The monoisotopic (exact) mass is 485 g/mol. The van der Waals surface area contributed by atoms with Gasteiger partial charge in [0.05, 0.1) is 0 Å². The number of rotatable bonds is 4. The Morgan fingerprint density at radius 3 is 2.54 bits per heavy atom. The highest BCUT2D eigenvalue weighted by atomic mass is 19.2. The van der Waals surface area contributed by atoms with Crippen LogP contribution in [0.2, 0.25) is 0 Å². The second-order valence-corrected chi connectivity index (χ2v) is 9.63. The first-order valence-corrected chi connectivity index (χ1v) is 12.1. The normalized spacial score (nSPS) is 27.1. The van der Waals surface area contributed by atoms with E-state index < -0.39 is 29.8 Å². The molecule has 0 spiro atoms. The first-order chi connectivity index (χ1) is 16.9. The number of aromatic hydroxyl groups is 1. The molecule has 7 nitrogen and oxygen atoms in total. The Morgan fingerprint density at radius 1 is 1.03 bits per heavy atom. The predicted molar refractivity (Wildman–Crippen MR) is 124 cm³/mol. The van der Waals surface area contributed by atoms with Crippen LogP contribution in [0, 0.1) is 11.6 Å². The highest BCUT2D eigenvalue weighted by molar-refractivity contribution is 5.92. The van der Waals surface area contributed by atoms with Gasteiger partial charge in [0.1, 0.15) is 18.4 Å². The van der Waals surface area contributed by atoms with Crippen LogP contribution < -0.4 is 5.32 Å². The van der Waals surface area contributed by atoms with Gasteiger partial charge < -0.3 is 15.2 Å². The molecule has 0 radical (unpaired) electrons. The average molecular weight is 486 g/mol. The number of cyclic esters (lactones) is 1. The number of halogens is 2. The molecule has 5 rings (SSSR count). The van der Waals surface area contributed by atoms with E-state index in [0.717, 1.165) is 61.2 Å². The summed E-state index contributed by atoms with van der Waals surface area (Å²) in [5, 5.41) is 13.1. The quantitative estimate of drug-likeness (QED) is 0.658. The maximum Gasteiger partial charge on any atom is 0.418 e. The van der Waals surface area contributed by atoms with E-state index in [0.29, 0.717) is 29.8 Å². The number of benzene rings is 2. The molecule has 2 N–H and O–H groups in total. The van der Waals surface area contributed by atoms with Crippen molar-refractivity contribution < 1.29 is 28.2 Å². The van der Waals surface area contributed by atoms with Crippen LogP contribution in [0.15, 0.2) is 42.5 Å². The summed E-state index contributed by atoms with van der Waals surface area (Å²) in [5.74, 6) is -1.30.